The molecule has 1 N–H and O–H groups in total. The Bertz CT molecular complexity index is 671. The maximum absolute atomic E-state index is 13.0. The molecule has 0 saturated carbocycles. The molecule has 3 rings (SSSR count). The average Bonchev–Trinajstić information content (AvgIpc) is 2.90. The number of carbonyl (C=O) groups is 1. The van der Waals surface area contributed by atoms with Crippen LogP contribution in [0.4, 0.5) is 9.18 Å². The summed E-state index contributed by atoms with van der Waals surface area (Å²) in [5.41, 5.74) is 3.94. The molecule has 23 heavy (non-hydrogen) atoms. The molecule has 4 nitrogen and oxygen atoms in total. The van der Waals surface area contributed by atoms with E-state index in [9.17, 15) is 9.18 Å². The van der Waals surface area contributed by atoms with Gasteiger partial charge in [-0.2, -0.15) is 0 Å². The molecule has 1 aromatic carbocycles. The number of thiazole rings is 1. The summed E-state index contributed by atoms with van der Waals surface area (Å²) in [6.07, 6.45) is 2.78. The van der Waals surface area contributed by atoms with E-state index >= 15 is 0 Å². The fourth-order valence-corrected chi connectivity index (χ4v) is 3.60. The third kappa shape index (κ3) is 3.69. The number of hydrogen-bond donors (Lipinski definition) is 1. The van der Waals surface area contributed by atoms with Gasteiger partial charge in [0.05, 0.1) is 17.2 Å². The highest BCUT2D eigenvalue weighted by molar-refractivity contribution is 7.09. The fraction of sp³-hybridized carbons (Fsp3) is 0.412. The van der Waals surface area contributed by atoms with Crippen molar-refractivity contribution >= 4 is 17.4 Å². The molecule has 6 heteroatoms. The van der Waals surface area contributed by atoms with Gasteiger partial charge in [-0.1, -0.05) is 12.1 Å². The van der Waals surface area contributed by atoms with Crippen molar-refractivity contribution in [1.82, 2.24) is 15.2 Å². The number of urea groups is 1. The second-order valence-corrected chi connectivity index (χ2v) is 6.69. The molecule has 1 aliphatic rings. The first-order valence-corrected chi connectivity index (χ1v) is 8.72. The minimum Gasteiger partial charge on any atom is -0.338 e. The van der Waals surface area contributed by atoms with E-state index in [2.05, 4.69) is 10.3 Å². The molecule has 0 bridgehead atoms. The van der Waals surface area contributed by atoms with E-state index in [1.54, 1.807) is 23.5 Å². The van der Waals surface area contributed by atoms with Crippen LogP contribution in [-0.4, -0.2) is 29.0 Å². The third-order valence-corrected chi connectivity index (χ3v) is 5.23. The summed E-state index contributed by atoms with van der Waals surface area (Å²) >= 11 is 1.66. The number of nitrogens with zero attached hydrogens (tertiary/aromatic N) is 2. The van der Waals surface area contributed by atoms with Gasteiger partial charge in [-0.15, -0.1) is 11.3 Å². The fourth-order valence-electron chi connectivity index (χ4n) is 2.77. The van der Waals surface area contributed by atoms with Crippen molar-refractivity contribution in [2.45, 2.75) is 32.2 Å². The highest BCUT2D eigenvalue weighted by atomic mass is 32.1. The molecule has 0 unspecified atom stereocenters. The van der Waals surface area contributed by atoms with Crippen molar-refractivity contribution in [2.24, 2.45) is 0 Å². The summed E-state index contributed by atoms with van der Waals surface area (Å²) in [4.78, 5) is 19.6. The number of amides is 2. The van der Waals surface area contributed by atoms with Crippen LogP contribution < -0.4 is 5.32 Å². The molecular weight excluding hydrogens is 313 g/mol. The summed E-state index contributed by atoms with van der Waals surface area (Å²) in [5.74, 6) is -0.248. The van der Waals surface area contributed by atoms with E-state index in [1.807, 2.05) is 17.3 Å². The molecule has 0 aliphatic carbocycles. The van der Waals surface area contributed by atoms with Crippen LogP contribution in [0.1, 0.15) is 35.0 Å². The molecule has 1 atom stereocenters. The van der Waals surface area contributed by atoms with Gasteiger partial charge in [0.1, 0.15) is 5.82 Å². The number of carbonyl (C=O) groups excluding carboxylic acids is 1. The van der Waals surface area contributed by atoms with Crippen LogP contribution in [0.15, 0.2) is 29.8 Å². The Morgan fingerprint density at radius 1 is 1.43 bits per heavy atom. The minimum atomic E-state index is -0.248. The number of halogens is 1. The number of likely N-dealkylation sites (tertiary alicyclic amines) is 1. The van der Waals surface area contributed by atoms with Gasteiger partial charge in [0.25, 0.3) is 0 Å². The highest BCUT2D eigenvalue weighted by Gasteiger charge is 2.33. The normalized spacial score (nSPS) is 17.0. The van der Waals surface area contributed by atoms with E-state index in [1.165, 1.54) is 17.0 Å². The van der Waals surface area contributed by atoms with E-state index in [0.717, 1.165) is 37.1 Å². The van der Waals surface area contributed by atoms with Crippen molar-refractivity contribution in [3.63, 3.8) is 0 Å². The zero-order valence-corrected chi connectivity index (χ0v) is 13.9. The van der Waals surface area contributed by atoms with Gasteiger partial charge >= 0.3 is 6.03 Å². The SMILES string of the molecule is Cc1ncsc1CCCNC(=O)N1CC[C@@H]1c1ccc(F)cc1. The lowest BCUT2D eigenvalue weighted by molar-refractivity contribution is 0.115. The predicted octanol–water partition coefficient (Wildman–Crippen LogP) is 3.68. The number of benzene rings is 1. The zero-order chi connectivity index (χ0) is 16.2. The maximum Gasteiger partial charge on any atom is 0.317 e. The van der Waals surface area contributed by atoms with Crippen molar-refractivity contribution in [1.29, 1.82) is 0 Å². The summed E-state index contributed by atoms with van der Waals surface area (Å²) in [5, 5.41) is 2.97. The van der Waals surface area contributed by atoms with Gasteiger partial charge in [0.15, 0.2) is 0 Å². The van der Waals surface area contributed by atoms with Crippen LogP contribution in [-0.2, 0) is 6.42 Å². The van der Waals surface area contributed by atoms with Crippen LogP contribution in [0, 0.1) is 12.7 Å². The van der Waals surface area contributed by atoms with Gasteiger partial charge < -0.3 is 10.2 Å². The Labute approximate surface area is 139 Å². The first-order valence-electron chi connectivity index (χ1n) is 7.84. The summed E-state index contributed by atoms with van der Waals surface area (Å²) in [6, 6.07) is 6.44. The van der Waals surface area contributed by atoms with E-state index < -0.39 is 0 Å². The standard InChI is InChI=1S/C17H20FN3OS/c1-12-16(23-11-20-12)3-2-9-19-17(22)21-10-8-15(21)13-4-6-14(18)7-5-13/h4-7,11,15H,2-3,8-10H2,1H3,(H,19,22)/t15-/m1/s1. The number of nitrogens with one attached hydrogen (secondary N) is 1. The van der Waals surface area contributed by atoms with Crippen LogP contribution in [0.25, 0.3) is 0 Å². The van der Waals surface area contributed by atoms with E-state index in [-0.39, 0.29) is 17.9 Å². The lowest BCUT2D eigenvalue weighted by atomic mass is 9.95. The molecule has 1 saturated heterocycles. The Hall–Kier alpha value is -1.95. The Morgan fingerprint density at radius 2 is 2.22 bits per heavy atom. The molecular formula is C17H20FN3OS. The average molecular weight is 333 g/mol. The Kier molecular flexibility index (Phi) is 4.91. The molecule has 2 amide bonds. The molecule has 1 aromatic heterocycles. The maximum atomic E-state index is 13.0. The van der Waals surface area contributed by atoms with Crippen LogP contribution in [0.5, 0.6) is 0 Å². The number of rotatable bonds is 5. The molecule has 1 aliphatic heterocycles. The lowest BCUT2D eigenvalue weighted by Gasteiger charge is -2.41. The number of hydrogen-bond acceptors (Lipinski definition) is 3. The molecule has 2 aromatic rings. The van der Waals surface area contributed by atoms with Crippen molar-refractivity contribution < 1.29 is 9.18 Å². The van der Waals surface area contributed by atoms with Crippen molar-refractivity contribution in [2.75, 3.05) is 13.1 Å². The van der Waals surface area contributed by atoms with Gasteiger partial charge in [-0.3, -0.25) is 0 Å². The highest BCUT2D eigenvalue weighted by Crippen LogP contribution is 2.33. The lowest BCUT2D eigenvalue weighted by Crippen LogP contribution is -2.50. The second kappa shape index (κ2) is 7.08. The molecule has 0 spiro atoms. The van der Waals surface area contributed by atoms with Crippen LogP contribution >= 0.6 is 11.3 Å². The zero-order valence-electron chi connectivity index (χ0n) is 13.1. The van der Waals surface area contributed by atoms with Crippen LogP contribution in [0.2, 0.25) is 0 Å². The molecule has 0 radical (unpaired) electrons. The van der Waals surface area contributed by atoms with E-state index in [4.69, 9.17) is 0 Å². The summed E-state index contributed by atoms with van der Waals surface area (Å²) < 4.78 is 13.0. The topological polar surface area (TPSA) is 45.2 Å². The van der Waals surface area contributed by atoms with Gasteiger partial charge in [-0.25, -0.2) is 14.2 Å². The largest absolute Gasteiger partial charge is 0.338 e. The number of aryl methyl sites for hydroxylation is 2. The second-order valence-electron chi connectivity index (χ2n) is 5.75. The third-order valence-electron chi connectivity index (χ3n) is 4.24. The summed E-state index contributed by atoms with van der Waals surface area (Å²) in [7, 11) is 0. The van der Waals surface area contributed by atoms with Gasteiger partial charge in [0, 0.05) is 18.0 Å². The molecule has 2 heterocycles. The monoisotopic (exact) mass is 333 g/mol. The smallest absolute Gasteiger partial charge is 0.317 e. The van der Waals surface area contributed by atoms with Crippen LogP contribution in [0.3, 0.4) is 0 Å². The molecule has 1 fully saturated rings. The summed E-state index contributed by atoms with van der Waals surface area (Å²) in [6.45, 7) is 3.42. The molecule has 122 valence electrons. The Balaban J connectivity index is 1.45. The first-order chi connectivity index (χ1) is 11.1. The predicted molar refractivity (Wildman–Crippen MR) is 89.0 cm³/mol. The minimum absolute atomic E-state index is 0.0356. The van der Waals surface area contributed by atoms with Crippen molar-refractivity contribution in [3.8, 4) is 0 Å². The Morgan fingerprint density at radius 3 is 2.83 bits per heavy atom. The van der Waals surface area contributed by atoms with E-state index in [0.29, 0.717) is 6.54 Å². The number of aromatic nitrogens is 1. The van der Waals surface area contributed by atoms with Gasteiger partial charge in [-0.05, 0) is 43.9 Å². The van der Waals surface area contributed by atoms with Crippen molar-refractivity contribution in [3.05, 3.63) is 51.7 Å². The quantitative estimate of drug-likeness (QED) is 0.849. The van der Waals surface area contributed by atoms with Gasteiger partial charge in [0.2, 0.25) is 0 Å². The first kappa shape index (κ1) is 15.9.